The van der Waals surface area contributed by atoms with Crippen LogP contribution in [0.2, 0.25) is 0 Å². The van der Waals surface area contributed by atoms with Gasteiger partial charge in [0.15, 0.2) is 0 Å². The first-order valence-corrected chi connectivity index (χ1v) is 3.57. The summed E-state index contributed by atoms with van der Waals surface area (Å²) in [5.74, 6) is 0. The Morgan fingerprint density at radius 2 is 2.00 bits per heavy atom. The van der Waals surface area contributed by atoms with E-state index in [9.17, 15) is 0 Å². The Labute approximate surface area is 67.9 Å². The van der Waals surface area contributed by atoms with Crippen molar-refractivity contribution in [3.63, 3.8) is 0 Å². The van der Waals surface area contributed by atoms with Gasteiger partial charge in [-0.05, 0) is 6.92 Å². The zero-order valence-electron chi connectivity index (χ0n) is 7.37. The van der Waals surface area contributed by atoms with Gasteiger partial charge in [-0.3, -0.25) is 0 Å². The first kappa shape index (κ1) is 10.6. The number of hydrogen-bond donors (Lipinski definition) is 0. The summed E-state index contributed by atoms with van der Waals surface area (Å²) in [5, 5.41) is 0. The number of hydrogen-bond acceptors (Lipinski definition) is 3. The predicted molar refractivity (Wildman–Crippen MR) is 43.4 cm³/mol. The van der Waals surface area contributed by atoms with Crippen LogP contribution < -0.4 is 0 Å². The molecule has 0 rings (SSSR count). The van der Waals surface area contributed by atoms with E-state index in [1.54, 1.807) is 14.2 Å². The predicted octanol–water partition coefficient (Wildman–Crippen LogP) is 1.20. The summed E-state index contributed by atoms with van der Waals surface area (Å²) in [7, 11) is 3.26. The largest absolute Gasteiger partial charge is 0.381 e. The van der Waals surface area contributed by atoms with E-state index in [1.165, 1.54) is 0 Å². The molecule has 0 radical (unpaired) electrons. The van der Waals surface area contributed by atoms with Gasteiger partial charge in [0.25, 0.3) is 0 Å². The normalized spacial score (nSPS) is 14.1. The molecule has 0 aromatic carbocycles. The molecule has 0 fully saturated rings. The molecule has 0 bridgehead atoms. The summed E-state index contributed by atoms with van der Waals surface area (Å²) in [6.07, 6.45) is 3.94. The van der Waals surface area contributed by atoms with Crippen molar-refractivity contribution in [1.29, 1.82) is 0 Å². The van der Waals surface area contributed by atoms with Crippen LogP contribution in [0.3, 0.4) is 0 Å². The minimum absolute atomic E-state index is 0.0881. The van der Waals surface area contributed by atoms with Gasteiger partial charge in [-0.25, -0.2) is 0 Å². The molecular weight excluding hydrogens is 144 g/mol. The van der Waals surface area contributed by atoms with Crippen molar-refractivity contribution in [2.75, 3.05) is 27.6 Å². The molecular formula is C8H16O3. The summed E-state index contributed by atoms with van der Waals surface area (Å²) >= 11 is 0. The minimum Gasteiger partial charge on any atom is -0.381 e. The maximum Gasteiger partial charge on any atom is 0.147 e. The molecule has 1 atom stereocenters. The lowest BCUT2D eigenvalue weighted by atomic mass is 10.3. The van der Waals surface area contributed by atoms with Crippen LogP contribution in [-0.4, -0.2) is 33.7 Å². The summed E-state index contributed by atoms with van der Waals surface area (Å²) in [5.41, 5.74) is 0. The summed E-state index contributed by atoms with van der Waals surface area (Å²) in [6.45, 7) is 2.91. The Balaban J connectivity index is 3.27. The van der Waals surface area contributed by atoms with E-state index in [0.29, 0.717) is 13.4 Å². The number of rotatable bonds is 6. The Kier molecular flexibility index (Phi) is 7.46. The van der Waals surface area contributed by atoms with E-state index in [-0.39, 0.29) is 6.10 Å². The average Bonchev–Trinajstić information content (AvgIpc) is 2.01. The molecule has 0 aromatic rings. The summed E-state index contributed by atoms with van der Waals surface area (Å²) in [4.78, 5) is 0. The zero-order chi connectivity index (χ0) is 8.53. The summed E-state index contributed by atoms with van der Waals surface area (Å²) in [6, 6.07) is 0. The van der Waals surface area contributed by atoms with Crippen molar-refractivity contribution >= 4 is 0 Å². The molecule has 1 unspecified atom stereocenters. The van der Waals surface area contributed by atoms with E-state index in [0.717, 1.165) is 0 Å². The van der Waals surface area contributed by atoms with Gasteiger partial charge in [0.2, 0.25) is 0 Å². The molecule has 0 aliphatic carbocycles. The molecule has 3 nitrogen and oxygen atoms in total. The topological polar surface area (TPSA) is 27.7 Å². The lowest BCUT2D eigenvalue weighted by molar-refractivity contribution is -0.0496. The highest BCUT2D eigenvalue weighted by Gasteiger charge is 1.93. The van der Waals surface area contributed by atoms with Crippen LogP contribution in [0.15, 0.2) is 12.2 Å². The maximum atomic E-state index is 5.17. The average molecular weight is 160 g/mol. The number of ether oxygens (including phenoxy) is 3. The fourth-order valence-electron chi connectivity index (χ4n) is 0.574. The lowest BCUT2D eigenvalue weighted by Gasteiger charge is -2.06. The monoisotopic (exact) mass is 160 g/mol. The quantitative estimate of drug-likeness (QED) is 0.431. The zero-order valence-corrected chi connectivity index (χ0v) is 7.37. The van der Waals surface area contributed by atoms with E-state index in [2.05, 4.69) is 0 Å². The highest BCUT2D eigenvalue weighted by molar-refractivity contribution is 4.86. The third kappa shape index (κ3) is 7.52. The Morgan fingerprint density at radius 3 is 2.55 bits per heavy atom. The highest BCUT2D eigenvalue weighted by atomic mass is 16.7. The molecule has 0 spiro atoms. The fraction of sp³-hybridized carbons (Fsp3) is 0.750. The van der Waals surface area contributed by atoms with Crippen molar-refractivity contribution in [1.82, 2.24) is 0 Å². The molecule has 11 heavy (non-hydrogen) atoms. The molecule has 0 aromatic heterocycles. The highest BCUT2D eigenvalue weighted by Crippen LogP contribution is 1.92. The van der Waals surface area contributed by atoms with Crippen LogP contribution in [0.25, 0.3) is 0 Å². The van der Waals surface area contributed by atoms with Crippen molar-refractivity contribution in [2.45, 2.75) is 13.0 Å². The van der Waals surface area contributed by atoms with Gasteiger partial charge in [-0.15, -0.1) is 0 Å². The van der Waals surface area contributed by atoms with Crippen molar-refractivity contribution in [3.05, 3.63) is 12.2 Å². The molecule has 3 heteroatoms. The second kappa shape index (κ2) is 7.72. The van der Waals surface area contributed by atoms with Gasteiger partial charge >= 0.3 is 0 Å². The van der Waals surface area contributed by atoms with E-state index >= 15 is 0 Å². The SMILES string of the molecule is COC/C=C\C(C)OCOC. The third-order valence-electron chi connectivity index (χ3n) is 1.12. The van der Waals surface area contributed by atoms with Crippen molar-refractivity contribution < 1.29 is 14.2 Å². The molecule has 0 aliphatic heterocycles. The Bertz CT molecular complexity index is 102. The molecule has 0 heterocycles. The van der Waals surface area contributed by atoms with Crippen LogP contribution in [-0.2, 0) is 14.2 Å². The summed E-state index contributed by atoms with van der Waals surface area (Å²) < 4.78 is 14.7. The van der Waals surface area contributed by atoms with E-state index in [4.69, 9.17) is 14.2 Å². The molecule has 0 saturated carbocycles. The Morgan fingerprint density at radius 1 is 1.27 bits per heavy atom. The molecule has 0 amide bonds. The van der Waals surface area contributed by atoms with E-state index < -0.39 is 0 Å². The van der Waals surface area contributed by atoms with Gasteiger partial charge in [-0.2, -0.15) is 0 Å². The van der Waals surface area contributed by atoms with Crippen LogP contribution in [0.4, 0.5) is 0 Å². The first-order chi connectivity index (χ1) is 5.31. The second-order valence-corrected chi connectivity index (χ2v) is 2.16. The molecule has 66 valence electrons. The minimum atomic E-state index is 0.0881. The van der Waals surface area contributed by atoms with Crippen molar-refractivity contribution in [2.24, 2.45) is 0 Å². The maximum absolute atomic E-state index is 5.17. The van der Waals surface area contributed by atoms with Crippen molar-refractivity contribution in [3.8, 4) is 0 Å². The third-order valence-corrected chi connectivity index (χ3v) is 1.12. The van der Waals surface area contributed by atoms with Gasteiger partial charge < -0.3 is 14.2 Å². The van der Waals surface area contributed by atoms with E-state index in [1.807, 2.05) is 19.1 Å². The van der Waals surface area contributed by atoms with Crippen LogP contribution in [0.1, 0.15) is 6.92 Å². The van der Waals surface area contributed by atoms with Gasteiger partial charge in [0.1, 0.15) is 6.79 Å². The number of methoxy groups -OCH3 is 2. The molecule has 0 aliphatic rings. The van der Waals surface area contributed by atoms with Crippen LogP contribution in [0, 0.1) is 0 Å². The van der Waals surface area contributed by atoms with Gasteiger partial charge in [0, 0.05) is 14.2 Å². The van der Waals surface area contributed by atoms with Crippen LogP contribution in [0.5, 0.6) is 0 Å². The Hall–Kier alpha value is -0.380. The second-order valence-electron chi connectivity index (χ2n) is 2.16. The first-order valence-electron chi connectivity index (χ1n) is 3.57. The van der Waals surface area contributed by atoms with Crippen LogP contribution >= 0.6 is 0 Å². The molecule has 0 N–H and O–H groups in total. The fourth-order valence-corrected chi connectivity index (χ4v) is 0.574. The molecule has 0 saturated heterocycles. The van der Waals surface area contributed by atoms with Gasteiger partial charge in [0.05, 0.1) is 12.7 Å². The standard InChI is InChI=1S/C8H16O3/c1-8(11-7-10-3)5-4-6-9-2/h4-5,8H,6-7H2,1-3H3/b5-4-. The van der Waals surface area contributed by atoms with Gasteiger partial charge in [-0.1, -0.05) is 12.2 Å². The smallest absolute Gasteiger partial charge is 0.147 e. The lowest BCUT2D eigenvalue weighted by Crippen LogP contribution is -2.07.